The van der Waals surface area contributed by atoms with Crippen molar-refractivity contribution in [1.29, 1.82) is 0 Å². The van der Waals surface area contributed by atoms with E-state index in [2.05, 4.69) is 9.97 Å². The van der Waals surface area contributed by atoms with Crippen molar-refractivity contribution in [3.8, 4) is 0 Å². The molecule has 0 bridgehead atoms. The van der Waals surface area contributed by atoms with Crippen molar-refractivity contribution in [2.75, 3.05) is 13.1 Å². The van der Waals surface area contributed by atoms with E-state index in [0.29, 0.717) is 31.3 Å². The lowest BCUT2D eigenvalue weighted by Gasteiger charge is -2.34. The summed E-state index contributed by atoms with van der Waals surface area (Å²) in [5, 5.41) is 0.274. The molecule has 0 saturated carbocycles. The van der Waals surface area contributed by atoms with Gasteiger partial charge in [-0.25, -0.2) is 9.97 Å². The number of rotatable bonds is 3. The Hall–Kier alpha value is -1.73. The molecule has 0 aromatic carbocycles. The van der Waals surface area contributed by atoms with Crippen LogP contribution in [0.2, 0.25) is 5.02 Å². The van der Waals surface area contributed by atoms with Crippen LogP contribution in [-0.4, -0.2) is 52.0 Å². The van der Waals surface area contributed by atoms with Crippen molar-refractivity contribution in [2.24, 2.45) is 11.7 Å². The van der Waals surface area contributed by atoms with Gasteiger partial charge in [0, 0.05) is 13.1 Å². The molecular weight excluding hydrogens is 332 g/mol. The van der Waals surface area contributed by atoms with Crippen LogP contribution in [0.4, 0.5) is 0 Å². The summed E-state index contributed by atoms with van der Waals surface area (Å²) in [7, 11) is 0. The molecule has 0 spiro atoms. The van der Waals surface area contributed by atoms with Crippen LogP contribution in [0.3, 0.4) is 0 Å². The zero-order valence-corrected chi connectivity index (χ0v) is 14.3. The number of aryl methyl sites for hydroxylation is 1. The summed E-state index contributed by atoms with van der Waals surface area (Å²) >= 11 is 6.05. The molecular formula is C16H21ClN4O3. The smallest absolute Gasteiger partial charge is 0.274 e. The van der Waals surface area contributed by atoms with Gasteiger partial charge >= 0.3 is 0 Å². The van der Waals surface area contributed by atoms with Gasteiger partial charge in [0.25, 0.3) is 5.91 Å². The third kappa shape index (κ3) is 3.52. The van der Waals surface area contributed by atoms with Gasteiger partial charge in [0.1, 0.15) is 11.9 Å². The van der Waals surface area contributed by atoms with Crippen molar-refractivity contribution in [1.82, 2.24) is 14.9 Å². The van der Waals surface area contributed by atoms with Crippen molar-refractivity contribution in [3.63, 3.8) is 0 Å². The van der Waals surface area contributed by atoms with Gasteiger partial charge in [-0.15, -0.1) is 0 Å². The van der Waals surface area contributed by atoms with E-state index in [1.165, 1.54) is 6.20 Å². The molecule has 24 heavy (non-hydrogen) atoms. The topological polar surface area (TPSA) is 98.4 Å². The van der Waals surface area contributed by atoms with Crippen LogP contribution in [0.25, 0.3) is 0 Å². The van der Waals surface area contributed by atoms with E-state index in [4.69, 9.17) is 22.1 Å². The minimum Gasteiger partial charge on any atom is -0.367 e. The number of halogens is 1. The van der Waals surface area contributed by atoms with Gasteiger partial charge in [0.05, 0.1) is 17.3 Å². The predicted molar refractivity (Wildman–Crippen MR) is 87.5 cm³/mol. The monoisotopic (exact) mass is 352 g/mol. The highest BCUT2D eigenvalue weighted by atomic mass is 35.5. The molecule has 2 fully saturated rings. The molecule has 0 aliphatic carbocycles. The van der Waals surface area contributed by atoms with Crippen molar-refractivity contribution >= 4 is 23.4 Å². The van der Waals surface area contributed by atoms with E-state index < -0.39 is 6.10 Å². The molecule has 130 valence electrons. The van der Waals surface area contributed by atoms with Crippen molar-refractivity contribution in [3.05, 3.63) is 22.7 Å². The van der Waals surface area contributed by atoms with Crippen LogP contribution in [0.1, 0.15) is 42.0 Å². The lowest BCUT2D eigenvalue weighted by atomic mass is 9.89. The third-order valence-electron chi connectivity index (χ3n) is 4.79. The van der Waals surface area contributed by atoms with Crippen LogP contribution in [0.15, 0.2) is 6.20 Å². The molecule has 2 aliphatic rings. The summed E-state index contributed by atoms with van der Waals surface area (Å²) in [6, 6.07) is 0. The summed E-state index contributed by atoms with van der Waals surface area (Å²) < 4.78 is 5.76. The Balaban J connectivity index is 1.58. The molecule has 1 aromatic heterocycles. The van der Waals surface area contributed by atoms with Gasteiger partial charge in [-0.05, 0) is 38.5 Å². The largest absolute Gasteiger partial charge is 0.367 e. The zero-order valence-electron chi connectivity index (χ0n) is 13.6. The molecule has 2 N–H and O–H groups in total. The lowest BCUT2D eigenvalue weighted by molar-refractivity contribution is -0.130. The first-order valence-corrected chi connectivity index (χ1v) is 8.56. The van der Waals surface area contributed by atoms with Crippen molar-refractivity contribution in [2.45, 2.75) is 44.8 Å². The Bertz CT molecular complexity index is 646. The SMILES string of the molecule is Cc1ncc(Cl)c(C(=O)N2CCC([C@@H]3CC[C@H](C(N)=O)O3)CC2)n1. The molecule has 2 saturated heterocycles. The number of piperidine rings is 1. The number of aromatic nitrogens is 2. The number of primary amides is 1. The molecule has 3 heterocycles. The fraction of sp³-hybridized carbons (Fsp3) is 0.625. The first kappa shape index (κ1) is 17.1. The quantitative estimate of drug-likeness (QED) is 0.884. The molecule has 2 amide bonds. The van der Waals surface area contributed by atoms with E-state index in [9.17, 15) is 9.59 Å². The Kier molecular flexibility index (Phi) is 5.01. The summed E-state index contributed by atoms with van der Waals surface area (Å²) in [6.07, 6.45) is 4.27. The van der Waals surface area contributed by atoms with E-state index in [1.54, 1.807) is 11.8 Å². The normalized spacial score (nSPS) is 25.0. The summed E-state index contributed by atoms with van der Waals surface area (Å²) in [5.74, 6) is 0.320. The number of likely N-dealkylation sites (tertiary alicyclic amines) is 1. The Morgan fingerprint density at radius 2 is 2.00 bits per heavy atom. The van der Waals surface area contributed by atoms with Gasteiger partial charge in [-0.3, -0.25) is 9.59 Å². The van der Waals surface area contributed by atoms with Gasteiger partial charge in [0.15, 0.2) is 5.69 Å². The highest BCUT2D eigenvalue weighted by Crippen LogP contribution is 2.32. The fourth-order valence-electron chi connectivity index (χ4n) is 3.45. The average molecular weight is 353 g/mol. The maximum atomic E-state index is 12.6. The number of nitrogens with zero attached hydrogens (tertiary/aromatic N) is 3. The van der Waals surface area contributed by atoms with Crippen LogP contribution in [0.5, 0.6) is 0 Å². The number of amides is 2. The van der Waals surface area contributed by atoms with E-state index in [1.807, 2.05) is 0 Å². The molecule has 7 nitrogen and oxygen atoms in total. The third-order valence-corrected chi connectivity index (χ3v) is 5.07. The maximum Gasteiger partial charge on any atom is 0.274 e. The van der Waals surface area contributed by atoms with E-state index >= 15 is 0 Å². The molecule has 0 radical (unpaired) electrons. The highest BCUT2D eigenvalue weighted by Gasteiger charge is 2.36. The highest BCUT2D eigenvalue weighted by molar-refractivity contribution is 6.33. The van der Waals surface area contributed by atoms with E-state index in [0.717, 1.165) is 19.3 Å². The Morgan fingerprint density at radius 1 is 1.29 bits per heavy atom. The number of hydrogen-bond acceptors (Lipinski definition) is 5. The number of carbonyl (C=O) groups excluding carboxylic acids is 2. The molecule has 2 aliphatic heterocycles. The molecule has 3 rings (SSSR count). The molecule has 1 aromatic rings. The minimum atomic E-state index is -0.461. The molecule has 2 atom stereocenters. The van der Waals surface area contributed by atoms with Crippen LogP contribution in [-0.2, 0) is 9.53 Å². The second-order valence-corrected chi connectivity index (χ2v) is 6.79. The lowest BCUT2D eigenvalue weighted by Crippen LogP contribution is -2.42. The number of carbonyl (C=O) groups is 2. The molecule has 8 heteroatoms. The second kappa shape index (κ2) is 7.03. The van der Waals surface area contributed by atoms with Gasteiger partial charge in [0.2, 0.25) is 5.91 Å². The van der Waals surface area contributed by atoms with Crippen LogP contribution >= 0.6 is 11.6 Å². The van der Waals surface area contributed by atoms with Gasteiger partial charge < -0.3 is 15.4 Å². The van der Waals surface area contributed by atoms with Crippen LogP contribution in [0, 0.1) is 12.8 Å². The first-order valence-electron chi connectivity index (χ1n) is 8.19. The van der Waals surface area contributed by atoms with Gasteiger partial charge in [-0.1, -0.05) is 11.6 Å². The maximum absolute atomic E-state index is 12.6. The zero-order chi connectivity index (χ0) is 17.3. The van der Waals surface area contributed by atoms with Gasteiger partial charge in [-0.2, -0.15) is 0 Å². The summed E-state index contributed by atoms with van der Waals surface area (Å²) in [4.78, 5) is 33.7. The fourth-order valence-corrected chi connectivity index (χ4v) is 3.62. The number of ether oxygens (including phenoxy) is 1. The Labute approximate surface area is 145 Å². The summed E-state index contributed by atoms with van der Waals surface area (Å²) in [6.45, 7) is 2.99. The standard InChI is InChI=1S/C16H21ClN4O3/c1-9-19-8-11(17)14(20-9)16(23)21-6-4-10(5-7-21)12-2-3-13(24-12)15(18)22/h8,10,12-13H,2-7H2,1H3,(H2,18,22)/t12-,13+/m0/s1. The molecule has 0 unspecified atom stereocenters. The number of nitrogens with two attached hydrogens (primary N) is 1. The number of hydrogen-bond donors (Lipinski definition) is 1. The second-order valence-electron chi connectivity index (χ2n) is 6.39. The first-order chi connectivity index (χ1) is 11.5. The van der Waals surface area contributed by atoms with Crippen LogP contribution < -0.4 is 5.73 Å². The van der Waals surface area contributed by atoms with Crippen molar-refractivity contribution < 1.29 is 14.3 Å². The minimum absolute atomic E-state index is 0.0598. The van der Waals surface area contributed by atoms with E-state index in [-0.39, 0.29) is 28.6 Å². The predicted octanol–water partition coefficient (Wildman–Crippen LogP) is 1.32. The average Bonchev–Trinajstić information content (AvgIpc) is 3.07. The summed E-state index contributed by atoms with van der Waals surface area (Å²) in [5.41, 5.74) is 5.56. The Morgan fingerprint density at radius 3 is 2.62 bits per heavy atom.